The molecule has 1 aromatic rings. The lowest BCUT2D eigenvalue weighted by atomic mass is 10.1. The smallest absolute Gasteiger partial charge is 0.382 e. The largest absolute Gasteiger partial charge is 0.415 e. The van der Waals surface area contributed by atoms with Gasteiger partial charge in [-0.1, -0.05) is 24.3 Å². The Morgan fingerprint density at radius 1 is 1.31 bits per heavy atom. The highest BCUT2D eigenvalue weighted by molar-refractivity contribution is 5.25. The fraction of sp³-hybridized carbons (Fsp3) is 0.455. The zero-order valence-corrected chi connectivity index (χ0v) is 8.88. The van der Waals surface area contributed by atoms with Gasteiger partial charge in [0, 0.05) is 13.1 Å². The van der Waals surface area contributed by atoms with Gasteiger partial charge in [-0.25, -0.2) is 0 Å². The Hall–Kier alpha value is -1.07. The summed E-state index contributed by atoms with van der Waals surface area (Å²) in [6, 6.07) is 7.41. The fourth-order valence-electron chi connectivity index (χ4n) is 1.27. The van der Waals surface area contributed by atoms with Gasteiger partial charge in [0.05, 0.1) is 0 Å². The summed E-state index contributed by atoms with van der Waals surface area (Å²) in [5, 5.41) is 11.3. The maximum absolute atomic E-state index is 12.0. The van der Waals surface area contributed by atoms with Crippen LogP contribution in [-0.4, -0.2) is 23.9 Å². The van der Waals surface area contributed by atoms with Crippen molar-refractivity contribution >= 4 is 0 Å². The fourth-order valence-corrected chi connectivity index (χ4v) is 1.27. The van der Waals surface area contributed by atoms with Gasteiger partial charge in [0.2, 0.25) is 0 Å². The van der Waals surface area contributed by atoms with Crippen LogP contribution in [0.15, 0.2) is 24.3 Å². The van der Waals surface area contributed by atoms with Gasteiger partial charge >= 0.3 is 6.18 Å². The molecule has 0 fully saturated rings. The van der Waals surface area contributed by atoms with Gasteiger partial charge in [0.25, 0.3) is 0 Å². The van der Waals surface area contributed by atoms with Crippen molar-refractivity contribution in [3.8, 4) is 0 Å². The molecule has 0 bridgehead atoms. The highest BCUT2D eigenvalue weighted by Crippen LogP contribution is 2.19. The lowest BCUT2D eigenvalue weighted by Gasteiger charge is -2.15. The van der Waals surface area contributed by atoms with Crippen molar-refractivity contribution in [1.29, 1.82) is 0 Å². The highest BCUT2D eigenvalue weighted by atomic mass is 19.4. The number of hydrogen-bond acceptors (Lipinski definition) is 2. The van der Waals surface area contributed by atoms with E-state index in [9.17, 15) is 13.2 Å². The van der Waals surface area contributed by atoms with Crippen LogP contribution >= 0.6 is 0 Å². The molecule has 0 radical (unpaired) electrons. The van der Waals surface area contributed by atoms with Gasteiger partial charge in [-0.3, -0.25) is 0 Å². The number of alkyl halides is 3. The second-order valence-corrected chi connectivity index (χ2v) is 3.61. The van der Waals surface area contributed by atoms with Crippen LogP contribution in [0.5, 0.6) is 0 Å². The second-order valence-electron chi connectivity index (χ2n) is 3.61. The van der Waals surface area contributed by atoms with Crippen LogP contribution in [0.25, 0.3) is 0 Å². The van der Waals surface area contributed by atoms with Crippen molar-refractivity contribution in [2.24, 2.45) is 0 Å². The third-order valence-corrected chi connectivity index (χ3v) is 2.29. The molecule has 1 unspecified atom stereocenters. The summed E-state index contributed by atoms with van der Waals surface area (Å²) in [4.78, 5) is 0. The van der Waals surface area contributed by atoms with Gasteiger partial charge in [-0.15, -0.1) is 0 Å². The number of aliphatic hydroxyl groups is 1. The molecule has 0 amide bonds. The Morgan fingerprint density at radius 2 is 1.94 bits per heavy atom. The predicted molar refractivity (Wildman–Crippen MR) is 54.9 cm³/mol. The molecule has 0 aromatic heterocycles. The zero-order valence-electron chi connectivity index (χ0n) is 8.88. The van der Waals surface area contributed by atoms with Gasteiger partial charge < -0.3 is 10.4 Å². The first-order chi connectivity index (χ1) is 7.41. The number of aliphatic hydroxyl groups excluding tert-OH is 1. The SMILES string of the molecule is Cc1ccccc1CNCC(O)C(F)(F)F. The minimum atomic E-state index is -4.56. The summed E-state index contributed by atoms with van der Waals surface area (Å²) in [7, 11) is 0. The third-order valence-electron chi connectivity index (χ3n) is 2.29. The van der Waals surface area contributed by atoms with Crippen LogP contribution in [0, 0.1) is 6.92 Å². The van der Waals surface area contributed by atoms with E-state index < -0.39 is 18.8 Å². The molecule has 90 valence electrons. The van der Waals surface area contributed by atoms with Crippen LogP contribution in [0.4, 0.5) is 13.2 Å². The first kappa shape index (κ1) is 13.0. The van der Waals surface area contributed by atoms with Crippen molar-refractivity contribution in [3.63, 3.8) is 0 Å². The average Bonchev–Trinajstić information content (AvgIpc) is 2.19. The lowest BCUT2D eigenvalue weighted by Crippen LogP contribution is -2.38. The Kier molecular flexibility index (Phi) is 4.32. The van der Waals surface area contributed by atoms with Gasteiger partial charge in [-0.2, -0.15) is 13.2 Å². The maximum Gasteiger partial charge on any atom is 0.415 e. The van der Waals surface area contributed by atoms with E-state index >= 15 is 0 Å². The van der Waals surface area contributed by atoms with E-state index in [4.69, 9.17) is 5.11 Å². The summed E-state index contributed by atoms with van der Waals surface area (Å²) < 4.78 is 35.9. The summed E-state index contributed by atoms with van der Waals surface area (Å²) in [5.74, 6) is 0. The van der Waals surface area contributed by atoms with E-state index in [1.54, 1.807) is 0 Å². The van der Waals surface area contributed by atoms with Crippen LogP contribution in [0.3, 0.4) is 0 Å². The first-order valence-electron chi connectivity index (χ1n) is 4.91. The summed E-state index contributed by atoms with van der Waals surface area (Å²) >= 11 is 0. The minimum absolute atomic E-state index is 0.319. The number of aryl methyl sites for hydroxylation is 1. The van der Waals surface area contributed by atoms with Crippen LogP contribution in [-0.2, 0) is 6.54 Å². The molecule has 5 heteroatoms. The van der Waals surface area contributed by atoms with Gasteiger partial charge in [-0.05, 0) is 18.1 Å². The molecule has 0 aliphatic heterocycles. The monoisotopic (exact) mass is 233 g/mol. The Morgan fingerprint density at radius 3 is 2.50 bits per heavy atom. The van der Waals surface area contributed by atoms with Crippen LogP contribution in [0.1, 0.15) is 11.1 Å². The molecule has 2 nitrogen and oxygen atoms in total. The van der Waals surface area contributed by atoms with Crippen molar-refractivity contribution in [3.05, 3.63) is 35.4 Å². The standard InChI is InChI=1S/C11H14F3NO/c1-8-4-2-3-5-9(8)6-15-7-10(16)11(12,13)14/h2-5,10,15-16H,6-7H2,1H3. The number of nitrogens with one attached hydrogen (secondary N) is 1. The quantitative estimate of drug-likeness (QED) is 0.833. The topological polar surface area (TPSA) is 32.3 Å². The van der Waals surface area contributed by atoms with E-state index in [0.29, 0.717) is 6.54 Å². The van der Waals surface area contributed by atoms with Crippen molar-refractivity contribution in [2.45, 2.75) is 25.7 Å². The zero-order chi connectivity index (χ0) is 12.2. The van der Waals surface area contributed by atoms with Crippen molar-refractivity contribution in [2.75, 3.05) is 6.54 Å². The molecular formula is C11H14F3NO. The molecule has 0 aliphatic rings. The molecule has 0 spiro atoms. The summed E-state index contributed by atoms with van der Waals surface area (Å²) in [6.45, 7) is 1.72. The molecule has 0 heterocycles. The van der Waals surface area contributed by atoms with E-state index in [2.05, 4.69) is 5.32 Å². The Labute approximate surface area is 92.1 Å². The molecule has 0 aliphatic carbocycles. The molecule has 0 saturated carbocycles. The molecule has 1 atom stereocenters. The van der Waals surface area contributed by atoms with Crippen LogP contribution in [0.2, 0.25) is 0 Å². The maximum atomic E-state index is 12.0. The van der Waals surface area contributed by atoms with E-state index in [1.165, 1.54) is 0 Å². The lowest BCUT2D eigenvalue weighted by molar-refractivity contribution is -0.201. The molecular weight excluding hydrogens is 219 g/mol. The Bertz CT molecular complexity index is 338. The number of benzene rings is 1. The molecule has 2 N–H and O–H groups in total. The second kappa shape index (κ2) is 5.32. The number of halogens is 3. The number of rotatable bonds is 4. The van der Waals surface area contributed by atoms with Crippen molar-refractivity contribution < 1.29 is 18.3 Å². The number of hydrogen-bond donors (Lipinski definition) is 2. The van der Waals surface area contributed by atoms with Crippen molar-refractivity contribution in [1.82, 2.24) is 5.32 Å². The first-order valence-corrected chi connectivity index (χ1v) is 4.91. The molecule has 0 saturated heterocycles. The minimum Gasteiger partial charge on any atom is -0.382 e. The highest BCUT2D eigenvalue weighted by Gasteiger charge is 2.37. The van der Waals surface area contributed by atoms with E-state index in [0.717, 1.165) is 11.1 Å². The normalized spacial score (nSPS) is 13.8. The van der Waals surface area contributed by atoms with Crippen LogP contribution < -0.4 is 5.32 Å². The summed E-state index contributed by atoms with van der Waals surface area (Å²) in [6.07, 6.45) is -6.87. The van der Waals surface area contributed by atoms with E-state index in [1.807, 2.05) is 31.2 Å². The summed E-state index contributed by atoms with van der Waals surface area (Å²) in [5.41, 5.74) is 1.94. The predicted octanol–water partition coefficient (Wildman–Crippen LogP) is 2.01. The molecule has 1 rings (SSSR count). The Balaban J connectivity index is 2.40. The van der Waals surface area contributed by atoms with E-state index in [-0.39, 0.29) is 0 Å². The van der Waals surface area contributed by atoms with Gasteiger partial charge in [0.15, 0.2) is 6.10 Å². The average molecular weight is 233 g/mol. The third kappa shape index (κ3) is 3.83. The molecule has 1 aromatic carbocycles. The van der Waals surface area contributed by atoms with Gasteiger partial charge in [0.1, 0.15) is 0 Å². The molecule has 16 heavy (non-hydrogen) atoms.